The van der Waals surface area contributed by atoms with Crippen LogP contribution in [0.4, 0.5) is 5.69 Å². The van der Waals surface area contributed by atoms with Crippen LogP contribution >= 0.6 is 11.6 Å². The number of anilines is 1. The summed E-state index contributed by atoms with van der Waals surface area (Å²) in [5.41, 5.74) is 6.33. The lowest BCUT2D eigenvalue weighted by molar-refractivity contribution is 0.257. The van der Waals surface area contributed by atoms with Crippen LogP contribution in [0.1, 0.15) is 5.56 Å². The molecule has 0 spiro atoms. The van der Waals surface area contributed by atoms with Crippen molar-refractivity contribution < 1.29 is 5.11 Å². The minimum Gasteiger partial charge on any atom is -0.399 e. The number of halogens is 1. The molecule has 1 unspecified atom stereocenters. The fraction of sp³-hybridized carbons (Fsp3) is 0.250. The molecule has 1 rings (SSSR count). The van der Waals surface area contributed by atoms with Gasteiger partial charge in [-0.3, -0.25) is 0 Å². The number of hydrogen-bond acceptors (Lipinski definition) is 2. The van der Waals surface area contributed by atoms with E-state index in [9.17, 15) is 0 Å². The molecule has 11 heavy (non-hydrogen) atoms. The molecular weight excluding hydrogens is 162 g/mol. The largest absolute Gasteiger partial charge is 0.399 e. The van der Waals surface area contributed by atoms with Crippen LogP contribution in [0.3, 0.4) is 0 Å². The van der Waals surface area contributed by atoms with Gasteiger partial charge in [0.25, 0.3) is 0 Å². The van der Waals surface area contributed by atoms with E-state index in [1.54, 1.807) is 12.1 Å². The third-order valence-corrected chi connectivity index (χ3v) is 1.51. The number of aliphatic hydroxyl groups excluding tert-OH is 1. The van der Waals surface area contributed by atoms with Crippen LogP contribution in [0.15, 0.2) is 24.3 Å². The van der Waals surface area contributed by atoms with Gasteiger partial charge in [-0.05, 0) is 17.7 Å². The Labute approximate surface area is 70.6 Å². The molecule has 0 saturated heterocycles. The van der Waals surface area contributed by atoms with Gasteiger partial charge in [-0.25, -0.2) is 0 Å². The van der Waals surface area contributed by atoms with Crippen LogP contribution in [0, 0.1) is 0 Å². The van der Waals surface area contributed by atoms with E-state index >= 15 is 0 Å². The predicted octanol–water partition coefficient (Wildman–Crippen LogP) is 1.37. The Balaban J connectivity index is 2.71. The summed E-state index contributed by atoms with van der Waals surface area (Å²) in [4.78, 5) is 0. The maximum atomic E-state index is 8.82. The van der Waals surface area contributed by atoms with E-state index in [0.717, 1.165) is 5.56 Å². The highest BCUT2D eigenvalue weighted by Crippen LogP contribution is 2.09. The molecule has 0 bridgehead atoms. The molecule has 0 heterocycles. The minimum atomic E-state index is -0.822. The van der Waals surface area contributed by atoms with E-state index in [-0.39, 0.29) is 0 Å². The molecule has 0 radical (unpaired) electrons. The van der Waals surface area contributed by atoms with Gasteiger partial charge in [0.15, 0.2) is 0 Å². The van der Waals surface area contributed by atoms with Gasteiger partial charge < -0.3 is 10.8 Å². The number of alkyl halides is 1. The average Bonchev–Trinajstić information content (AvgIpc) is 1.85. The normalized spacial score (nSPS) is 12.9. The Kier molecular flexibility index (Phi) is 2.74. The molecule has 0 aliphatic rings. The van der Waals surface area contributed by atoms with Gasteiger partial charge in [-0.15, -0.1) is 0 Å². The zero-order chi connectivity index (χ0) is 8.27. The summed E-state index contributed by atoms with van der Waals surface area (Å²) in [5.74, 6) is 0. The van der Waals surface area contributed by atoms with Crippen molar-refractivity contribution in [3.05, 3.63) is 29.8 Å². The van der Waals surface area contributed by atoms with Gasteiger partial charge >= 0.3 is 0 Å². The molecule has 1 aromatic rings. The molecule has 0 fully saturated rings. The smallest absolute Gasteiger partial charge is 0.132 e. The van der Waals surface area contributed by atoms with E-state index in [2.05, 4.69) is 0 Å². The first kappa shape index (κ1) is 8.37. The van der Waals surface area contributed by atoms with E-state index in [0.29, 0.717) is 12.1 Å². The Morgan fingerprint density at radius 2 is 2.27 bits per heavy atom. The van der Waals surface area contributed by atoms with Crippen molar-refractivity contribution in [3.8, 4) is 0 Å². The highest BCUT2D eigenvalue weighted by molar-refractivity contribution is 6.19. The van der Waals surface area contributed by atoms with Crippen molar-refractivity contribution in [3.63, 3.8) is 0 Å². The molecule has 0 saturated carbocycles. The number of rotatable bonds is 2. The summed E-state index contributed by atoms with van der Waals surface area (Å²) in [6, 6.07) is 7.31. The second kappa shape index (κ2) is 3.60. The Bertz CT molecular complexity index is 237. The van der Waals surface area contributed by atoms with E-state index in [1.165, 1.54) is 0 Å². The maximum Gasteiger partial charge on any atom is 0.132 e. The molecule has 0 aliphatic heterocycles. The summed E-state index contributed by atoms with van der Waals surface area (Å²) >= 11 is 5.38. The summed E-state index contributed by atoms with van der Waals surface area (Å²) in [6.07, 6.45) is 0.437. The Hall–Kier alpha value is -0.730. The van der Waals surface area contributed by atoms with E-state index in [1.807, 2.05) is 12.1 Å². The zero-order valence-electron chi connectivity index (χ0n) is 6.00. The summed E-state index contributed by atoms with van der Waals surface area (Å²) in [5, 5.41) is 8.82. The monoisotopic (exact) mass is 171 g/mol. The van der Waals surface area contributed by atoms with E-state index in [4.69, 9.17) is 22.4 Å². The van der Waals surface area contributed by atoms with Gasteiger partial charge in [0.1, 0.15) is 5.56 Å². The van der Waals surface area contributed by atoms with Gasteiger partial charge in [0.2, 0.25) is 0 Å². The van der Waals surface area contributed by atoms with Crippen LogP contribution < -0.4 is 5.73 Å². The second-order valence-electron chi connectivity index (χ2n) is 2.38. The third kappa shape index (κ3) is 2.78. The molecule has 3 N–H and O–H groups in total. The lowest BCUT2D eigenvalue weighted by atomic mass is 10.1. The molecule has 3 heteroatoms. The quantitative estimate of drug-likeness (QED) is 0.522. The highest BCUT2D eigenvalue weighted by atomic mass is 35.5. The number of nitrogen functional groups attached to an aromatic ring is 1. The van der Waals surface area contributed by atoms with Crippen molar-refractivity contribution >= 4 is 17.3 Å². The molecule has 0 aliphatic carbocycles. The Morgan fingerprint density at radius 1 is 1.55 bits per heavy atom. The van der Waals surface area contributed by atoms with Crippen LogP contribution in [-0.4, -0.2) is 10.7 Å². The first-order valence-corrected chi connectivity index (χ1v) is 3.78. The minimum absolute atomic E-state index is 0.437. The maximum absolute atomic E-state index is 8.82. The van der Waals surface area contributed by atoms with Crippen LogP contribution in [0.2, 0.25) is 0 Å². The molecule has 60 valence electrons. The van der Waals surface area contributed by atoms with Crippen LogP contribution in [0.5, 0.6) is 0 Å². The molecule has 0 aromatic heterocycles. The highest BCUT2D eigenvalue weighted by Gasteiger charge is 1.99. The fourth-order valence-corrected chi connectivity index (χ4v) is 1.09. The van der Waals surface area contributed by atoms with Crippen molar-refractivity contribution in [2.24, 2.45) is 0 Å². The lowest BCUT2D eigenvalue weighted by Crippen LogP contribution is -2.01. The number of benzene rings is 1. The summed E-state index contributed by atoms with van der Waals surface area (Å²) < 4.78 is 0. The first-order chi connectivity index (χ1) is 5.18. The molecule has 0 amide bonds. The van der Waals surface area contributed by atoms with Gasteiger partial charge in [0.05, 0.1) is 0 Å². The van der Waals surface area contributed by atoms with Crippen molar-refractivity contribution in [1.82, 2.24) is 0 Å². The molecule has 1 aromatic carbocycles. The molecule has 2 nitrogen and oxygen atoms in total. The number of hydrogen-bond donors (Lipinski definition) is 2. The fourth-order valence-electron chi connectivity index (χ4n) is 0.915. The molecular formula is C8H10ClNO. The topological polar surface area (TPSA) is 46.2 Å². The predicted molar refractivity (Wildman–Crippen MR) is 46.4 cm³/mol. The third-order valence-electron chi connectivity index (χ3n) is 1.36. The SMILES string of the molecule is Nc1cccc(CC(O)Cl)c1. The second-order valence-corrected chi connectivity index (χ2v) is 2.89. The van der Waals surface area contributed by atoms with E-state index < -0.39 is 5.56 Å². The van der Waals surface area contributed by atoms with Crippen molar-refractivity contribution in [2.75, 3.05) is 5.73 Å². The van der Waals surface area contributed by atoms with Crippen LogP contribution in [-0.2, 0) is 6.42 Å². The van der Waals surface area contributed by atoms with Gasteiger partial charge in [0, 0.05) is 12.1 Å². The Morgan fingerprint density at radius 3 is 2.82 bits per heavy atom. The van der Waals surface area contributed by atoms with Crippen molar-refractivity contribution in [2.45, 2.75) is 12.0 Å². The average molecular weight is 172 g/mol. The molecule has 1 atom stereocenters. The number of aliphatic hydroxyl groups is 1. The summed E-state index contributed by atoms with van der Waals surface area (Å²) in [6.45, 7) is 0. The standard InChI is InChI=1S/C8H10ClNO/c9-8(11)5-6-2-1-3-7(10)4-6/h1-4,8,11H,5,10H2. The summed E-state index contributed by atoms with van der Waals surface area (Å²) in [7, 11) is 0. The van der Waals surface area contributed by atoms with Gasteiger partial charge in [-0.1, -0.05) is 23.7 Å². The lowest BCUT2D eigenvalue weighted by Gasteiger charge is -2.02. The zero-order valence-corrected chi connectivity index (χ0v) is 6.75. The van der Waals surface area contributed by atoms with Crippen molar-refractivity contribution in [1.29, 1.82) is 0 Å². The van der Waals surface area contributed by atoms with Gasteiger partial charge in [-0.2, -0.15) is 0 Å². The number of nitrogens with two attached hydrogens (primary N) is 1. The van der Waals surface area contributed by atoms with Crippen LogP contribution in [0.25, 0.3) is 0 Å². The first-order valence-electron chi connectivity index (χ1n) is 3.35.